The predicted molar refractivity (Wildman–Crippen MR) is 92.6 cm³/mol. The molecule has 25 heavy (non-hydrogen) atoms. The minimum absolute atomic E-state index is 0.234. The Morgan fingerprint density at radius 1 is 1.16 bits per heavy atom. The third-order valence-corrected chi connectivity index (χ3v) is 5.15. The Morgan fingerprint density at radius 3 is 3.00 bits per heavy atom. The Morgan fingerprint density at radius 2 is 2.08 bits per heavy atom. The highest BCUT2D eigenvalue weighted by Gasteiger charge is 2.44. The van der Waals surface area contributed by atoms with Crippen LogP contribution in [-0.4, -0.2) is 52.3 Å². The number of rotatable bonds is 4. The molecule has 3 atom stereocenters. The van der Waals surface area contributed by atoms with Crippen LogP contribution in [-0.2, 0) is 4.74 Å². The number of anilines is 1. The number of nitrogens with zero attached hydrogens (tertiary/aromatic N) is 4. The Balaban J connectivity index is 1.30. The van der Waals surface area contributed by atoms with Crippen LogP contribution in [0.25, 0.3) is 11.2 Å². The van der Waals surface area contributed by atoms with Crippen molar-refractivity contribution < 1.29 is 9.47 Å². The zero-order valence-electron chi connectivity index (χ0n) is 13.7. The fourth-order valence-corrected chi connectivity index (χ4v) is 3.86. The molecule has 1 aromatic carbocycles. The van der Waals surface area contributed by atoms with Gasteiger partial charge in [0.05, 0.1) is 25.6 Å². The van der Waals surface area contributed by atoms with Crippen LogP contribution in [0.2, 0.25) is 0 Å². The summed E-state index contributed by atoms with van der Waals surface area (Å²) in [5.41, 5.74) is 1.59. The summed E-state index contributed by atoms with van der Waals surface area (Å²) in [5.74, 6) is 2.67. The van der Waals surface area contributed by atoms with E-state index >= 15 is 0 Å². The molecule has 4 heterocycles. The van der Waals surface area contributed by atoms with Crippen molar-refractivity contribution in [3.63, 3.8) is 0 Å². The van der Waals surface area contributed by atoms with Crippen molar-refractivity contribution >= 4 is 17.0 Å². The van der Waals surface area contributed by atoms with E-state index in [-0.39, 0.29) is 6.10 Å². The molecule has 2 saturated heterocycles. The Labute approximate surface area is 145 Å². The molecule has 0 bridgehead atoms. The van der Waals surface area contributed by atoms with Gasteiger partial charge in [0, 0.05) is 24.9 Å². The molecule has 7 nitrogen and oxygen atoms in total. The monoisotopic (exact) mass is 337 g/mol. The van der Waals surface area contributed by atoms with Crippen LogP contribution in [0.5, 0.6) is 5.75 Å². The number of fused-ring (bicyclic) bond motifs is 2. The third kappa shape index (κ3) is 2.60. The summed E-state index contributed by atoms with van der Waals surface area (Å²) in [4.78, 5) is 18.3. The fourth-order valence-electron chi connectivity index (χ4n) is 3.86. The van der Waals surface area contributed by atoms with Gasteiger partial charge in [0.15, 0.2) is 11.5 Å². The zero-order chi connectivity index (χ0) is 16.6. The molecule has 2 aromatic heterocycles. The number of hydrogen-bond acceptors (Lipinski definition) is 6. The standard InChI is InChI=1S/C18H19N5O2/c1-2-4-13(5-3-1)24-8-12-9-25-15-7-23(6-14(12)15)18-16-17(20-10-19-16)21-11-22-18/h1-5,10-12,14-15H,6-9H2,(H,19,20,21,22)/t12-,14-,15-/m1/s1. The van der Waals surface area contributed by atoms with Gasteiger partial charge in [-0.2, -0.15) is 0 Å². The number of imidazole rings is 1. The third-order valence-electron chi connectivity index (χ3n) is 5.15. The highest BCUT2D eigenvalue weighted by Crippen LogP contribution is 2.36. The van der Waals surface area contributed by atoms with Gasteiger partial charge in [-0.15, -0.1) is 0 Å². The molecule has 2 fully saturated rings. The summed E-state index contributed by atoms with van der Waals surface area (Å²) in [5, 5.41) is 0. The molecular weight excluding hydrogens is 318 g/mol. The normalized spacial score (nSPS) is 25.4. The van der Waals surface area contributed by atoms with Crippen LogP contribution in [0, 0.1) is 11.8 Å². The van der Waals surface area contributed by atoms with E-state index in [9.17, 15) is 0 Å². The summed E-state index contributed by atoms with van der Waals surface area (Å²) in [7, 11) is 0. The second-order valence-corrected chi connectivity index (χ2v) is 6.62. The number of benzene rings is 1. The van der Waals surface area contributed by atoms with Crippen molar-refractivity contribution in [1.29, 1.82) is 0 Å². The molecule has 3 aromatic rings. The number of H-pyrrole nitrogens is 1. The van der Waals surface area contributed by atoms with Crippen molar-refractivity contribution in [1.82, 2.24) is 19.9 Å². The molecule has 2 aliphatic rings. The summed E-state index contributed by atoms with van der Waals surface area (Å²) in [6, 6.07) is 9.96. The molecule has 1 N–H and O–H groups in total. The van der Waals surface area contributed by atoms with Gasteiger partial charge in [0.1, 0.15) is 17.6 Å². The molecule has 0 saturated carbocycles. The first-order chi connectivity index (χ1) is 12.4. The largest absolute Gasteiger partial charge is 0.493 e. The van der Waals surface area contributed by atoms with Crippen LogP contribution < -0.4 is 9.64 Å². The minimum atomic E-state index is 0.234. The van der Waals surface area contributed by atoms with E-state index in [1.165, 1.54) is 0 Å². The van der Waals surface area contributed by atoms with E-state index in [2.05, 4.69) is 24.8 Å². The van der Waals surface area contributed by atoms with Crippen LogP contribution in [0.3, 0.4) is 0 Å². The number of aromatic nitrogens is 4. The molecule has 2 aliphatic heterocycles. The summed E-state index contributed by atoms with van der Waals surface area (Å²) in [6.45, 7) is 3.21. The average Bonchev–Trinajstić information content (AvgIpc) is 3.36. The van der Waals surface area contributed by atoms with E-state index < -0.39 is 0 Å². The second kappa shape index (κ2) is 6.00. The van der Waals surface area contributed by atoms with Crippen LogP contribution in [0.1, 0.15) is 0 Å². The van der Waals surface area contributed by atoms with Gasteiger partial charge in [-0.3, -0.25) is 0 Å². The molecule has 0 amide bonds. The maximum Gasteiger partial charge on any atom is 0.182 e. The maximum absolute atomic E-state index is 6.03. The van der Waals surface area contributed by atoms with Gasteiger partial charge in [0.2, 0.25) is 0 Å². The molecule has 0 spiro atoms. The van der Waals surface area contributed by atoms with Gasteiger partial charge < -0.3 is 19.4 Å². The molecule has 128 valence electrons. The predicted octanol–water partition coefficient (Wildman–Crippen LogP) is 1.88. The van der Waals surface area contributed by atoms with Crippen molar-refractivity contribution in [2.24, 2.45) is 11.8 Å². The molecule has 0 unspecified atom stereocenters. The van der Waals surface area contributed by atoms with Crippen molar-refractivity contribution in [3.05, 3.63) is 43.0 Å². The van der Waals surface area contributed by atoms with Crippen molar-refractivity contribution in [2.75, 3.05) is 31.2 Å². The lowest BCUT2D eigenvalue weighted by Gasteiger charge is -2.21. The first kappa shape index (κ1) is 14.7. The van der Waals surface area contributed by atoms with E-state index in [1.807, 2.05) is 30.3 Å². The summed E-state index contributed by atoms with van der Waals surface area (Å²) >= 11 is 0. The van der Waals surface area contributed by atoms with Gasteiger partial charge >= 0.3 is 0 Å². The first-order valence-corrected chi connectivity index (χ1v) is 8.57. The lowest BCUT2D eigenvalue weighted by atomic mass is 9.94. The highest BCUT2D eigenvalue weighted by molar-refractivity contribution is 5.82. The molecular formula is C18H19N5O2. The summed E-state index contributed by atoms with van der Waals surface area (Å²) in [6.07, 6.45) is 3.47. The molecule has 0 aliphatic carbocycles. The second-order valence-electron chi connectivity index (χ2n) is 6.62. The number of nitrogens with one attached hydrogen (secondary N) is 1. The highest BCUT2D eigenvalue weighted by atomic mass is 16.5. The minimum Gasteiger partial charge on any atom is -0.493 e. The van der Waals surface area contributed by atoms with E-state index in [1.54, 1.807) is 12.7 Å². The zero-order valence-corrected chi connectivity index (χ0v) is 13.7. The number of para-hydroxylation sites is 1. The van der Waals surface area contributed by atoms with Crippen molar-refractivity contribution in [2.45, 2.75) is 6.10 Å². The number of hydrogen-bond donors (Lipinski definition) is 1. The Hall–Kier alpha value is -2.67. The Kier molecular flexibility index (Phi) is 3.52. The van der Waals surface area contributed by atoms with E-state index in [0.717, 1.165) is 36.8 Å². The average molecular weight is 337 g/mol. The van der Waals surface area contributed by atoms with Crippen LogP contribution >= 0.6 is 0 Å². The maximum atomic E-state index is 6.03. The smallest absolute Gasteiger partial charge is 0.182 e. The van der Waals surface area contributed by atoms with Gasteiger partial charge in [-0.05, 0) is 12.1 Å². The first-order valence-electron chi connectivity index (χ1n) is 8.57. The van der Waals surface area contributed by atoms with Crippen molar-refractivity contribution in [3.8, 4) is 5.75 Å². The topological polar surface area (TPSA) is 76.2 Å². The molecule has 0 radical (unpaired) electrons. The van der Waals surface area contributed by atoms with Gasteiger partial charge in [-0.25, -0.2) is 15.0 Å². The lowest BCUT2D eigenvalue weighted by molar-refractivity contribution is 0.108. The number of ether oxygens (including phenoxy) is 2. The number of aromatic amines is 1. The summed E-state index contributed by atoms with van der Waals surface area (Å²) < 4.78 is 12.0. The lowest BCUT2D eigenvalue weighted by Crippen LogP contribution is -2.27. The van der Waals surface area contributed by atoms with E-state index in [0.29, 0.717) is 24.1 Å². The quantitative estimate of drug-likeness (QED) is 0.783. The SMILES string of the molecule is c1ccc(OC[C@@H]2CO[C@@H]3CN(c4ncnc5nc[nH]c45)C[C@H]23)cc1. The van der Waals surface area contributed by atoms with Gasteiger partial charge in [-0.1, -0.05) is 18.2 Å². The van der Waals surface area contributed by atoms with Crippen LogP contribution in [0.4, 0.5) is 5.82 Å². The molecule has 7 heteroatoms. The van der Waals surface area contributed by atoms with Gasteiger partial charge in [0.25, 0.3) is 0 Å². The fraction of sp³-hybridized carbons (Fsp3) is 0.389. The van der Waals surface area contributed by atoms with Crippen LogP contribution in [0.15, 0.2) is 43.0 Å². The van der Waals surface area contributed by atoms with E-state index in [4.69, 9.17) is 9.47 Å². The molecule has 5 rings (SSSR count). The Bertz CT molecular complexity index is 868.